The molecule has 0 aliphatic carbocycles. The maximum absolute atomic E-state index is 11.4. The Labute approximate surface area is 122 Å². The molecule has 114 valence electrons. The molecule has 0 amide bonds. The molecule has 0 aromatic heterocycles. The maximum atomic E-state index is 11.4. The van der Waals surface area contributed by atoms with Crippen molar-refractivity contribution in [1.82, 2.24) is 0 Å². The van der Waals surface area contributed by atoms with E-state index < -0.39 is 8.80 Å². The van der Waals surface area contributed by atoms with Crippen molar-refractivity contribution in [2.45, 2.75) is 53.0 Å². The van der Waals surface area contributed by atoms with Gasteiger partial charge in [-0.1, -0.05) is 18.7 Å². The van der Waals surface area contributed by atoms with E-state index in [1.54, 1.807) is 0 Å². The first kappa shape index (κ1) is 19.1. The summed E-state index contributed by atoms with van der Waals surface area (Å²) in [6.45, 7) is 9.71. The highest BCUT2D eigenvalue weighted by Crippen LogP contribution is 2.20. The van der Waals surface area contributed by atoms with Crippen molar-refractivity contribution in [3.63, 3.8) is 0 Å². The lowest BCUT2D eigenvalue weighted by Crippen LogP contribution is -2.46. The second-order valence-electron chi connectivity index (χ2n) is 4.06. The Morgan fingerprint density at radius 1 is 1.00 bits per heavy atom. The molecule has 0 aliphatic rings. The van der Waals surface area contributed by atoms with Crippen molar-refractivity contribution in [3.8, 4) is 0 Å². The van der Waals surface area contributed by atoms with E-state index in [2.05, 4.69) is 0 Å². The summed E-state index contributed by atoms with van der Waals surface area (Å²) in [4.78, 5) is 11.4. The molecular formula is C13H28O4SSi. The van der Waals surface area contributed by atoms with Crippen LogP contribution in [0.1, 0.15) is 47.0 Å². The molecule has 0 saturated heterocycles. The van der Waals surface area contributed by atoms with E-state index >= 15 is 0 Å². The Bertz CT molecular complexity index is 222. The molecule has 0 unspecified atom stereocenters. The quantitative estimate of drug-likeness (QED) is 0.408. The highest BCUT2D eigenvalue weighted by molar-refractivity contribution is 8.13. The highest BCUT2D eigenvalue weighted by Gasteiger charge is 2.39. The Morgan fingerprint density at radius 2 is 1.53 bits per heavy atom. The fourth-order valence-electron chi connectivity index (χ4n) is 1.75. The van der Waals surface area contributed by atoms with Crippen LogP contribution < -0.4 is 0 Å². The second kappa shape index (κ2) is 11.9. The smallest absolute Gasteiger partial charge is 0.374 e. The third kappa shape index (κ3) is 8.81. The number of hydrogen-bond acceptors (Lipinski definition) is 5. The van der Waals surface area contributed by atoms with Gasteiger partial charge in [-0.15, -0.1) is 0 Å². The summed E-state index contributed by atoms with van der Waals surface area (Å²) in [6, 6.07) is 0.787. The number of thioether (sulfide) groups is 1. The van der Waals surface area contributed by atoms with Crippen LogP contribution in [0.2, 0.25) is 6.04 Å². The normalized spacial score (nSPS) is 11.8. The number of rotatable bonds is 12. The molecule has 0 atom stereocenters. The SMILES string of the molecule is CCCC(=O)SCCC[Si](OCC)(OCC)OCC. The van der Waals surface area contributed by atoms with Crippen LogP contribution in [0, 0.1) is 0 Å². The van der Waals surface area contributed by atoms with Gasteiger partial charge in [0.25, 0.3) is 0 Å². The van der Waals surface area contributed by atoms with Crippen molar-refractivity contribution < 1.29 is 18.1 Å². The minimum Gasteiger partial charge on any atom is -0.374 e. The van der Waals surface area contributed by atoms with Gasteiger partial charge in [0.05, 0.1) is 0 Å². The zero-order valence-electron chi connectivity index (χ0n) is 12.7. The molecule has 4 nitrogen and oxygen atoms in total. The summed E-state index contributed by atoms with van der Waals surface area (Å²) in [7, 11) is -2.51. The van der Waals surface area contributed by atoms with Crippen LogP contribution in [0.3, 0.4) is 0 Å². The Hall–Kier alpha value is 0.117. The van der Waals surface area contributed by atoms with Gasteiger partial charge in [0, 0.05) is 38.0 Å². The fraction of sp³-hybridized carbons (Fsp3) is 0.923. The van der Waals surface area contributed by atoms with Gasteiger partial charge in [0.2, 0.25) is 0 Å². The molecule has 0 aromatic rings. The molecule has 0 bridgehead atoms. The van der Waals surface area contributed by atoms with E-state index in [0.717, 1.165) is 24.6 Å². The molecule has 19 heavy (non-hydrogen) atoms. The molecule has 0 fully saturated rings. The molecule has 0 spiro atoms. The van der Waals surface area contributed by atoms with E-state index in [4.69, 9.17) is 13.3 Å². The summed E-state index contributed by atoms with van der Waals surface area (Å²) in [5.41, 5.74) is 0. The third-order valence-electron chi connectivity index (χ3n) is 2.44. The van der Waals surface area contributed by atoms with Gasteiger partial charge in [-0.05, 0) is 33.6 Å². The minimum atomic E-state index is -2.51. The summed E-state index contributed by atoms with van der Waals surface area (Å²) >= 11 is 1.41. The van der Waals surface area contributed by atoms with Gasteiger partial charge >= 0.3 is 8.80 Å². The van der Waals surface area contributed by atoms with Crippen LogP contribution in [0.5, 0.6) is 0 Å². The fourth-order valence-corrected chi connectivity index (χ4v) is 5.49. The standard InChI is InChI=1S/C13H28O4SSi/c1-5-10-13(14)18-11-9-12-19(15-6-2,16-7-3)17-8-4/h5-12H2,1-4H3. The van der Waals surface area contributed by atoms with Gasteiger partial charge in [-0.3, -0.25) is 4.79 Å². The lowest BCUT2D eigenvalue weighted by molar-refractivity contribution is -0.111. The van der Waals surface area contributed by atoms with Crippen LogP contribution >= 0.6 is 11.8 Å². The maximum Gasteiger partial charge on any atom is 0.500 e. The van der Waals surface area contributed by atoms with Crippen LogP contribution in [-0.2, 0) is 18.1 Å². The van der Waals surface area contributed by atoms with Crippen molar-refractivity contribution in [2.24, 2.45) is 0 Å². The lowest BCUT2D eigenvalue weighted by atomic mass is 10.4. The first-order valence-corrected chi connectivity index (χ1v) is 10.1. The summed E-state index contributed by atoms with van der Waals surface area (Å²) < 4.78 is 17.3. The zero-order valence-corrected chi connectivity index (χ0v) is 14.5. The first-order chi connectivity index (χ1) is 9.14. The van der Waals surface area contributed by atoms with Crippen LogP contribution in [-0.4, -0.2) is 39.5 Å². The Kier molecular flexibility index (Phi) is 12.0. The molecule has 0 rings (SSSR count). The Morgan fingerprint density at radius 3 is 1.95 bits per heavy atom. The van der Waals surface area contributed by atoms with Crippen LogP contribution in [0.15, 0.2) is 0 Å². The van der Waals surface area contributed by atoms with Gasteiger partial charge < -0.3 is 13.3 Å². The van der Waals surface area contributed by atoms with Crippen molar-refractivity contribution in [2.75, 3.05) is 25.6 Å². The molecule has 0 aliphatic heterocycles. The third-order valence-corrected chi connectivity index (χ3v) is 6.61. The van der Waals surface area contributed by atoms with Crippen molar-refractivity contribution in [1.29, 1.82) is 0 Å². The van der Waals surface area contributed by atoms with Gasteiger partial charge in [-0.25, -0.2) is 0 Å². The number of carbonyl (C=O) groups is 1. The summed E-state index contributed by atoms with van der Waals surface area (Å²) in [6.07, 6.45) is 2.48. The van der Waals surface area contributed by atoms with Gasteiger partial charge in [0.1, 0.15) is 0 Å². The van der Waals surface area contributed by atoms with Gasteiger partial charge in [0.15, 0.2) is 5.12 Å². The number of hydrogen-bond donors (Lipinski definition) is 0. The zero-order chi connectivity index (χ0) is 14.6. The second-order valence-corrected chi connectivity index (χ2v) is 7.94. The van der Waals surface area contributed by atoms with Crippen molar-refractivity contribution in [3.05, 3.63) is 0 Å². The van der Waals surface area contributed by atoms with E-state index in [1.807, 2.05) is 27.7 Å². The van der Waals surface area contributed by atoms with E-state index in [1.165, 1.54) is 11.8 Å². The average molecular weight is 309 g/mol. The predicted molar refractivity (Wildman–Crippen MR) is 82.4 cm³/mol. The molecule has 0 radical (unpaired) electrons. The first-order valence-electron chi connectivity index (χ1n) is 7.21. The lowest BCUT2D eigenvalue weighted by Gasteiger charge is -2.28. The summed E-state index contributed by atoms with van der Waals surface area (Å²) in [5, 5.41) is 0.277. The van der Waals surface area contributed by atoms with Gasteiger partial charge in [-0.2, -0.15) is 0 Å². The number of carbonyl (C=O) groups excluding carboxylic acids is 1. The largest absolute Gasteiger partial charge is 0.500 e. The average Bonchev–Trinajstić information content (AvgIpc) is 2.36. The van der Waals surface area contributed by atoms with Crippen LogP contribution in [0.25, 0.3) is 0 Å². The topological polar surface area (TPSA) is 44.8 Å². The van der Waals surface area contributed by atoms with Crippen molar-refractivity contribution >= 4 is 25.7 Å². The summed E-state index contributed by atoms with van der Waals surface area (Å²) in [5.74, 6) is 0.820. The van der Waals surface area contributed by atoms with Crippen LogP contribution in [0.4, 0.5) is 0 Å². The Balaban J connectivity index is 4.13. The molecule has 6 heteroatoms. The molecule has 0 N–H and O–H groups in total. The minimum absolute atomic E-state index is 0.277. The molecular weight excluding hydrogens is 280 g/mol. The van der Waals surface area contributed by atoms with E-state index in [0.29, 0.717) is 26.2 Å². The molecule has 0 heterocycles. The van der Waals surface area contributed by atoms with E-state index in [9.17, 15) is 4.79 Å². The monoisotopic (exact) mass is 308 g/mol. The molecule has 0 aromatic carbocycles. The highest BCUT2D eigenvalue weighted by atomic mass is 32.2. The predicted octanol–water partition coefficient (Wildman–Crippen LogP) is 3.48. The van der Waals surface area contributed by atoms with E-state index in [-0.39, 0.29) is 5.12 Å². The molecule has 0 saturated carbocycles.